The lowest BCUT2D eigenvalue weighted by Gasteiger charge is -2.23. The summed E-state index contributed by atoms with van der Waals surface area (Å²) in [6, 6.07) is 4.15. The van der Waals surface area contributed by atoms with Gasteiger partial charge in [-0.05, 0) is 32.2 Å². The van der Waals surface area contributed by atoms with Crippen LogP contribution >= 0.6 is 11.6 Å². The Morgan fingerprint density at radius 3 is 2.43 bits per heavy atom. The van der Waals surface area contributed by atoms with E-state index in [1.807, 2.05) is 0 Å². The minimum Gasteiger partial charge on any atom is -0.323 e. The second-order valence-corrected chi connectivity index (χ2v) is 6.68. The van der Waals surface area contributed by atoms with E-state index < -0.39 is 52.5 Å². The third-order valence-corrected chi connectivity index (χ3v) is 4.49. The second kappa shape index (κ2) is 9.55. The fourth-order valence-corrected chi connectivity index (χ4v) is 2.50. The third-order valence-electron chi connectivity index (χ3n) is 4.16. The predicted molar refractivity (Wildman–Crippen MR) is 104 cm³/mol. The number of hydrogen-bond donors (Lipinski definition) is 2. The SMILES string of the molecule is C[C@H](C(=O)Nc1cc([N+](=O)[O-])ccc1Cl)N(C)CC(=O)Nc1ccc(F)c(F)c1F. The first-order valence-electron chi connectivity index (χ1n) is 8.39. The van der Waals surface area contributed by atoms with Gasteiger partial charge in [0.2, 0.25) is 11.8 Å². The molecule has 2 aromatic rings. The van der Waals surface area contributed by atoms with E-state index in [4.69, 9.17) is 11.6 Å². The average Bonchev–Trinajstić information content (AvgIpc) is 2.69. The zero-order valence-electron chi connectivity index (χ0n) is 15.7. The highest BCUT2D eigenvalue weighted by Gasteiger charge is 2.23. The Morgan fingerprint density at radius 1 is 1.13 bits per heavy atom. The molecule has 12 heteroatoms. The zero-order valence-corrected chi connectivity index (χ0v) is 16.5. The van der Waals surface area contributed by atoms with Crippen molar-refractivity contribution < 1.29 is 27.7 Å². The van der Waals surface area contributed by atoms with Gasteiger partial charge >= 0.3 is 0 Å². The van der Waals surface area contributed by atoms with E-state index in [1.54, 1.807) is 0 Å². The molecule has 160 valence electrons. The van der Waals surface area contributed by atoms with Gasteiger partial charge in [-0.1, -0.05) is 11.6 Å². The van der Waals surface area contributed by atoms with Crippen LogP contribution in [0.4, 0.5) is 30.2 Å². The lowest BCUT2D eigenvalue weighted by Crippen LogP contribution is -2.43. The van der Waals surface area contributed by atoms with Gasteiger partial charge in [0.1, 0.15) is 0 Å². The molecular weight excluding hydrogens is 429 g/mol. The van der Waals surface area contributed by atoms with Gasteiger partial charge < -0.3 is 10.6 Å². The summed E-state index contributed by atoms with van der Waals surface area (Å²) in [6.45, 7) is 1.06. The summed E-state index contributed by atoms with van der Waals surface area (Å²) < 4.78 is 39.8. The highest BCUT2D eigenvalue weighted by atomic mass is 35.5. The number of nitro groups is 1. The van der Waals surface area contributed by atoms with Crippen molar-refractivity contribution in [2.75, 3.05) is 24.2 Å². The fourth-order valence-electron chi connectivity index (χ4n) is 2.34. The Morgan fingerprint density at radius 2 is 1.80 bits per heavy atom. The molecular formula is C18H16ClF3N4O4. The molecule has 0 aliphatic heterocycles. The number of nitrogens with one attached hydrogen (secondary N) is 2. The average molecular weight is 445 g/mol. The summed E-state index contributed by atoms with van der Waals surface area (Å²) in [7, 11) is 1.42. The summed E-state index contributed by atoms with van der Waals surface area (Å²) in [5.41, 5.74) is -0.805. The zero-order chi connectivity index (χ0) is 22.6. The smallest absolute Gasteiger partial charge is 0.271 e. The third kappa shape index (κ3) is 5.45. The molecule has 0 aliphatic carbocycles. The van der Waals surface area contributed by atoms with Gasteiger partial charge in [-0.2, -0.15) is 0 Å². The monoisotopic (exact) mass is 444 g/mol. The van der Waals surface area contributed by atoms with Crippen LogP contribution in [0.1, 0.15) is 6.92 Å². The number of carbonyl (C=O) groups is 2. The minimum atomic E-state index is -1.72. The summed E-state index contributed by atoms with van der Waals surface area (Å²) in [4.78, 5) is 36.0. The van der Waals surface area contributed by atoms with Crippen LogP contribution in [0.25, 0.3) is 0 Å². The van der Waals surface area contributed by atoms with Gasteiger partial charge in [-0.3, -0.25) is 24.6 Å². The number of hydrogen-bond acceptors (Lipinski definition) is 5. The van der Waals surface area contributed by atoms with E-state index in [1.165, 1.54) is 31.0 Å². The molecule has 0 spiro atoms. The van der Waals surface area contributed by atoms with Crippen LogP contribution in [-0.4, -0.2) is 41.3 Å². The number of carbonyl (C=O) groups excluding carboxylic acids is 2. The van der Waals surface area contributed by atoms with E-state index in [0.29, 0.717) is 6.07 Å². The largest absolute Gasteiger partial charge is 0.323 e. The van der Waals surface area contributed by atoms with Gasteiger partial charge in [-0.25, -0.2) is 13.2 Å². The number of amides is 2. The number of nitro benzene ring substituents is 1. The Labute approximate surface area is 173 Å². The number of rotatable bonds is 7. The van der Waals surface area contributed by atoms with Gasteiger partial charge in [0, 0.05) is 12.1 Å². The van der Waals surface area contributed by atoms with E-state index in [9.17, 15) is 32.9 Å². The van der Waals surface area contributed by atoms with E-state index >= 15 is 0 Å². The van der Waals surface area contributed by atoms with Crippen LogP contribution in [0, 0.1) is 27.6 Å². The topological polar surface area (TPSA) is 105 Å². The Balaban J connectivity index is 2.01. The maximum Gasteiger partial charge on any atom is 0.271 e. The van der Waals surface area contributed by atoms with Crippen molar-refractivity contribution in [3.63, 3.8) is 0 Å². The molecule has 0 saturated carbocycles. The van der Waals surface area contributed by atoms with Gasteiger partial charge in [0.05, 0.1) is 33.9 Å². The van der Waals surface area contributed by atoms with Gasteiger partial charge in [0.25, 0.3) is 5.69 Å². The maximum absolute atomic E-state index is 13.6. The lowest BCUT2D eigenvalue weighted by molar-refractivity contribution is -0.384. The van der Waals surface area contributed by atoms with Crippen molar-refractivity contribution in [2.45, 2.75) is 13.0 Å². The van der Waals surface area contributed by atoms with Gasteiger partial charge in [0.15, 0.2) is 17.5 Å². The summed E-state index contributed by atoms with van der Waals surface area (Å²) in [6.07, 6.45) is 0. The van der Waals surface area contributed by atoms with Crippen LogP contribution in [0.3, 0.4) is 0 Å². The number of likely N-dealkylation sites (N-methyl/N-ethyl adjacent to an activating group) is 1. The molecule has 30 heavy (non-hydrogen) atoms. The number of non-ortho nitro benzene ring substituents is 1. The van der Waals surface area contributed by atoms with Crippen LogP contribution in [-0.2, 0) is 9.59 Å². The first-order valence-corrected chi connectivity index (χ1v) is 8.77. The molecule has 1 atom stereocenters. The fraction of sp³-hybridized carbons (Fsp3) is 0.222. The number of benzene rings is 2. The molecule has 2 N–H and O–H groups in total. The molecule has 0 radical (unpaired) electrons. The molecule has 2 rings (SSSR count). The molecule has 2 amide bonds. The molecule has 0 fully saturated rings. The van der Waals surface area contributed by atoms with Crippen LogP contribution in [0.5, 0.6) is 0 Å². The summed E-state index contributed by atoms with van der Waals surface area (Å²) in [5, 5.41) is 15.5. The molecule has 0 aromatic heterocycles. The van der Waals surface area contributed by atoms with Crippen molar-refractivity contribution >= 4 is 40.5 Å². The molecule has 0 heterocycles. The predicted octanol–water partition coefficient (Wildman–Crippen LogP) is 3.56. The first-order chi connectivity index (χ1) is 14.0. The minimum absolute atomic E-state index is 0.0180. The highest BCUT2D eigenvalue weighted by Crippen LogP contribution is 2.27. The summed E-state index contributed by atoms with van der Waals surface area (Å²) in [5.74, 6) is -6.06. The van der Waals surface area contributed by atoms with Crippen LogP contribution in [0.2, 0.25) is 5.02 Å². The van der Waals surface area contributed by atoms with Crippen molar-refractivity contribution in [1.82, 2.24) is 4.90 Å². The number of halogens is 4. The molecule has 2 aromatic carbocycles. The van der Waals surface area contributed by atoms with E-state index in [2.05, 4.69) is 10.6 Å². The Bertz CT molecular complexity index is 1010. The maximum atomic E-state index is 13.6. The van der Waals surface area contributed by atoms with E-state index in [-0.39, 0.29) is 16.4 Å². The standard InChI is InChI=1S/C18H16ClF3N4O4/c1-9(18(28)24-14-7-10(26(29)30)3-4-11(14)19)25(2)8-15(27)23-13-6-5-12(20)16(21)17(13)22/h3-7,9H,8H2,1-2H3,(H,23,27)(H,24,28)/t9-/m1/s1. The Hall–Kier alpha value is -3.18. The van der Waals surface area contributed by atoms with Crippen LogP contribution < -0.4 is 10.6 Å². The summed E-state index contributed by atoms with van der Waals surface area (Å²) >= 11 is 5.93. The molecule has 0 saturated heterocycles. The first kappa shape index (κ1) is 23.1. The normalized spacial score (nSPS) is 11.8. The molecule has 8 nitrogen and oxygen atoms in total. The number of anilines is 2. The number of nitrogens with zero attached hydrogens (tertiary/aromatic N) is 2. The van der Waals surface area contributed by atoms with Gasteiger partial charge in [-0.15, -0.1) is 0 Å². The highest BCUT2D eigenvalue weighted by molar-refractivity contribution is 6.33. The second-order valence-electron chi connectivity index (χ2n) is 6.27. The van der Waals surface area contributed by atoms with Crippen molar-refractivity contribution in [3.8, 4) is 0 Å². The Kier molecular flexibility index (Phi) is 7.35. The molecule has 0 aliphatic rings. The van der Waals surface area contributed by atoms with Crippen molar-refractivity contribution in [3.05, 3.63) is 62.9 Å². The van der Waals surface area contributed by atoms with Crippen LogP contribution in [0.15, 0.2) is 30.3 Å². The van der Waals surface area contributed by atoms with E-state index in [0.717, 1.165) is 12.1 Å². The lowest BCUT2D eigenvalue weighted by atomic mass is 10.2. The quantitative estimate of drug-likeness (QED) is 0.386. The molecule has 0 unspecified atom stereocenters. The van der Waals surface area contributed by atoms with Crippen molar-refractivity contribution in [2.24, 2.45) is 0 Å². The van der Waals surface area contributed by atoms with Crippen molar-refractivity contribution in [1.29, 1.82) is 0 Å². The molecule has 0 bridgehead atoms.